The number of para-hydroxylation sites is 2. The first-order chi connectivity index (χ1) is 11.2. The van der Waals surface area contributed by atoms with E-state index >= 15 is 0 Å². The van der Waals surface area contributed by atoms with Crippen LogP contribution in [0.1, 0.15) is 44.9 Å². The van der Waals surface area contributed by atoms with Crippen molar-refractivity contribution in [3.63, 3.8) is 0 Å². The number of fused-ring (bicyclic) bond motifs is 1. The minimum absolute atomic E-state index is 0.0468. The van der Waals surface area contributed by atoms with E-state index in [-0.39, 0.29) is 5.41 Å². The van der Waals surface area contributed by atoms with Crippen molar-refractivity contribution in [3.8, 4) is 0 Å². The molecule has 4 aliphatic carbocycles. The summed E-state index contributed by atoms with van der Waals surface area (Å²) in [6, 6.07) is 8.19. The van der Waals surface area contributed by atoms with Crippen molar-refractivity contribution >= 4 is 16.8 Å². The van der Waals surface area contributed by atoms with E-state index in [9.17, 15) is 4.79 Å². The zero-order valence-corrected chi connectivity index (χ0v) is 13.6. The molecule has 4 saturated carbocycles. The van der Waals surface area contributed by atoms with Gasteiger partial charge in [0.15, 0.2) is 0 Å². The lowest BCUT2D eigenvalue weighted by atomic mass is 9.48. The van der Waals surface area contributed by atoms with Gasteiger partial charge < -0.3 is 4.57 Å². The maximum atomic E-state index is 13.1. The van der Waals surface area contributed by atoms with Crippen LogP contribution in [0, 0.1) is 23.2 Å². The number of hydrogen-bond acceptors (Lipinski definition) is 2. The minimum Gasteiger partial charge on any atom is -0.330 e. The Morgan fingerprint density at radius 1 is 1.09 bits per heavy atom. The predicted octanol–water partition coefficient (Wildman–Crippen LogP) is 4.21. The number of hydrogen-bond donors (Lipinski definition) is 0. The van der Waals surface area contributed by atoms with Crippen molar-refractivity contribution in [1.82, 2.24) is 9.55 Å². The Morgan fingerprint density at radius 2 is 1.74 bits per heavy atom. The molecule has 3 heteroatoms. The van der Waals surface area contributed by atoms with Gasteiger partial charge in [0.2, 0.25) is 0 Å². The van der Waals surface area contributed by atoms with Crippen molar-refractivity contribution in [3.05, 3.63) is 30.6 Å². The first-order valence-electron chi connectivity index (χ1n) is 9.15. The van der Waals surface area contributed by atoms with Gasteiger partial charge in [-0.15, -0.1) is 0 Å². The normalized spacial score (nSPS) is 35.0. The molecular formula is C20H24N2O. The van der Waals surface area contributed by atoms with Crippen molar-refractivity contribution < 1.29 is 4.79 Å². The van der Waals surface area contributed by atoms with Gasteiger partial charge >= 0.3 is 0 Å². The van der Waals surface area contributed by atoms with E-state index in [2.05, 4.69) is 15.6 Å². The summed E-state index contributed by atoms with van der Waals surface area (Å²) in [6.07, 6.45) is 10.3. The first kappa shape index (κ1) is 13.8. The summed E-state index contributed by atoms with van der Waals surface area (Å²) in [7, 11) is 0. The van der Waals surface area contributed by atoms with Gasteiger partial charge in [-0.3, -0.25) is 4.79 Å². The van der Waals surface area contributed by atoms with Gasteiger partial charge in [0.25, 0.3) is 0 Å². The molecule has 0 unspecified atom stereocenters. The Bertz CT molecular complexity index is 725. The third-order valence-electron chi connectivity index (χ3n) is 6.74. The Hall–Kier alpha value is -1.64. The van der Waals surface area contributed by atoms with Crippen LogP contribution in [-0.4, -0.2) is 15.3 Å². The SMILES string of the molecule is O=C(CCn1cnc2ccccc21)C12CC3CC(CC(C3)C1)C2. The molecule has 0 N–H and O–H groups in total. The third kappa shape index (κ3) is 2.16. The van der Waals surface area contributed by atoms with Crippen molar-refractivity contribution in [2.45, 2.75) is 51.5 Å². The second kappa shape index (κ2) is 4.93. The zero-order valence-electron chi connectivity index (χ0n) is 13.6. The van der Waals surface area contributed by atoms with E-state index < -0.39 is 0 Å². The molecule has 0 aliphatic heterocycles. The Kier molecular flexibility index (Phi) is 2.95. The molecule has 1 aromatic carbocycles. The van der Waals surface area contributed by atoms with Crippen molar-refractivity contribution in [2.75, 3.05) is 0 Å². The van der Waals surface area contributed by atoms with Crippen LogP contribution in [0.25, 0.3) is 11.0 Å². The maximum Gasteiger partial charge on any atom is 0.140 e. The molecule has 0 amide bonds. The summed E-state index contributed by atoms with van der Waals surface area (Å²) in [4.78, 5) is 17.5. The lowest BCUT2D eigenvalue weighted by Gasteiger charge is -2.56. The smallest absolute Gasteiger partial charge is 0.140 e. The quantitative estimate of drug-likeness (QED) is 0.848. The van der Waals surface area contributed by atoms with Crippen LogP contribution in [0.3, 0.4) is 0 Å². The molecule has 0 atom stereocenters. The molecule has 6 rings (SSSR count). The van der Waals surface area contributed by atoms with Crippen LogP contribution in [0.2, 0.25) is 0 Å². The Morgan fingerprint density at radius 3 is 2.43 bits per heavy atom. The zero-order chi connectivity index (χ0) is 15.4. The molecule has 1 aromatic heterocycles. The van der Waals surface area contributed by atoms with Gasteiger partial charge in [-0.25, -0.2) is 4.98 Å². The number of aryl methyl sites for hydroxylation is 1. The molecule has 4 bridgehead atoms. The first-order valence-corrected chi connectivity index (χ1v) is 9.15. The summed E-state index contributed by atoms with van der Waals surface area (Å²) >= 11 is 0. The van der Waals surface area contributed by atoms with E-state index in [4.69, 9.17) is 0 Å². The summed E-state index contributed by atoms with van der Waals surface area (Å²) in [5.74, 6) is 3.08. The number of carbonyl (C=O) groups excluding carboxylic acids is 1. The van der Waals surface area contributed by atoms with E-state index in [1.54, 1.807) is 0 Å². The number of benzene rings is 1. The molecule has 4 fully saturated rings. The molecule has 0 spiro atoms. The predicted molar refractivity (Wildman–Crippen MR) is 90.0 cm³/mol. The number of rotatable bonds is 4. The van der Waals surface area contributed by atoms with Crippen LogP contribution in [0.4, 0.5) is 0 Å². The van der Waals surface area contributed by atoms with Gasteiger partial charge in [0, 0.05) is 18.4 Å². The summed E-state index contributed by atoms with van der Waals surface area (Å²) < 4.78 is 2.15. The second-order valence-electron chi connectivity index (χ2n) is 8.30. The maximum absolute atomic E-state index is 13.1. The van der Waals surface area contributed by atoms with Crippen LogP contribution >= 0.6 is 0 Å². The summed E-state index contributed by atoms with van der Waals surface area (Å²) in [6.45, 7) is 0.779. The van der Waals surface area contributed by atoms with Crippen LogP contribution in [0.5, 0.6) is 0 Å². The Balaban J connectivity index is 1.34. The highest BCUT2D eigenvalue weighted by Crippen LogP contribution is 2.60. The van der Waals surface area contributed by atoms with Gasteiger partial charge in [-0.05, 0) is 68.4 Å². The molecule has 0 radical (unpaired) electrons. The van der Waals surface area contributed by atoms with Gasteiger partial charge in [-0.2, -0.15) is 0 Å². The number of Topliss-reactive ketones (excluding diaryl/α,β-unsaturated/α-hetero) is 1. The number of ketones is 1. The highest BCUT2D eigenvalue weighted by molar-refractivity contribution is 5.85. The topological polar surface area (TPSA) is 34.9 Å². The lowest BCUT2D eigenvalue weighted by molar-refractivity contribution is -0.144. The molecular weight excluding hydrogens is 284 g/mol. The largest absolute Gasteiger partial charge is 0.330 e. The van der Waals surface area contributed by atoms with E-state index in [1.807, 2.05) is 24.5 Å². The van der Waals surface area contributed by atoms with Gasteiger partial charge in [-0.1, -0.05) is 12.1 Å². The van der Waals surface area contributed by atoms with Gasteiger partial charge in [0.05, 0.1) is 17.4 Å². The molecule has 23 heavy (non-hydrogen) atoms. The van der Waals surface area contributed by atoms with Gasteiger partial charge in [0.1, 0.15) is 5.78 Å². The summed E-state index contributed by atoms with van der Waals surface area (Å²) in [5, 5.41) is 0. The fourth-order valence-corrected chi connectivity index (χ4v) is 6.13. The summed E-state index contributed by atoms with van der Waals surface area (Å²) in [5.41, 5.74) is 2.21. The lowest BCUT2D eigenvalue weighted by Crippen LogP contribution is -2.50. The third-order valence-corrected chi connectivity index (χ3v) is 6.74. The van der Waals surface area contributed by atoms with Crippen molar-refractivity contribution in [2.24, 2.45) is 23.2 Å². The number of imidazole rings is 1. The second-order valence-corrected chi connectivity index (χ2v) is 8.30. The monoisotopic (exact) mass is 308 g/mol. The molecule has 0 saturated heterocycles. The fraction of sp³-hybridized carbons (Fsp3) is 0.600. The highest BCUT2D eigenvalue weighted by atomic mass is 16.1. The van der Waals surface area contributed by atoms with E-state index in [0.29, 0.717) is 12.2 Å². The number of nitrogens with zero attached hydrogens (tertiary/aromatic N) is 2. The van der Waals surface area contributed by atoms with E-state index in [1.165, 1.54) is 38.5 Å². The van der Waals surface area contributed by atoms with Crippen molar-refractivity contribution in [1.29, 1.82) is 0 Å². The average Bonchev–Trinajstić information content (AvgIpc) is 2.94. The molecule has 1 heterocycles. The molecule has 4 aliphatic rings. The fourth-order valence-electron chi connectivity index (χ4n) is 6.13. The van der Waals surface area contributed by atoms with E-state index in [0.717, 1.165) is 35.3 Å². The average molecular weight is 308 g/mol. The molecule has 2 aromatic rings. The standard InChI is InChI=1S/C20H24N2O/c23-19(5-6-22-13-21-17-3-1-2-4-18(17)22)20-10-14-7-15(11-20)9-16(8-14)12-20/h1-4,13-16H,5-12H2. The Labute approximate surface area is 137 Å². The minimum atomic E-state index is 0.0468. The molecule has 120 valence electrons. The van der Waals surface area contributed by atoms with Crippen LogP contribution < -0.4 is 0 Å². The number of carbonyl (C=O) groups is 1. The van der Waals surface area contributed by atoms with Crippen LogP contribution in [0.15, 0.2) is 30.6 Å². The number of aromatic nitrogens is 2. The molecule has 3 nitrogen and oxygen atoms in total. The highest BCUT2D eigenvalue weighted by Gasteiger charge is 2.53. The van der Waals surface area contributed by atoms with Crippen LogP contribution in [-0.2, 0) is 11.3 Å².